The van der Waals surface area contributed by atoms with Gasteiger partial charge in [-0.1, -0.05) is 19.9 Å². The molecule has 18 heteroatoms. The Morgan fingerprint density at radius 3 is 1.75 bits per heavy atom. The van der Waals surface area contributed by atoms with Gasteiger partial charge in [0, 0.05) is 22.8 Å². The van der Waals surface area contributed by atoms with Crippen LogP contribution in [-0.2, 0) is 29.8 Å². The van der Waals surface area contributed by atoms with Crippen LogP contribution >= 0.6 is 0 Å². The van der Waals surface area contributed by atoms with Gasteiger partial charge in [0.2, 0.25) is 0 Å². The van der Waals surface area contributed by atoms with Gasteiger partial charge in [0.25, 0.3) is 0 Å². The number of hydrogen-bond donors (Lipinski definition) is 1. The molecule has 0 heterocycles. The average Bonchev–Trinajstić information content (AvgIpc) is 3.11. The zero-order chi connectivity index (χ0) is 41.9. The van der Waals surface area contributed by atoms with Crippen LogP contribution < -0.4 is 36.7 Å². The smallest absolute Gasteiger partial charge is 0.514 e. The van der Waals surface area contributed by atoms with E-state index in [4.69, 9.17) is 23.7 Å². The van der Waals surface area contributed by atoms with E-state index in [1.165, 1.54) is 51.8 Å². The fraction of sp³-hybridized carbons (Fsp3) is 0.359. The van der Waals surface area contributed by atoms with Crippen LogP contribution in [0.15, 0.2) is 60.7 Å². The lowest BCUT2D eigenvalue weighted by molar-refractivity contribution is -0.708. The predicted octanol–water partition coefficient (Wildman–Crippen LogP) is 7.42. The molecule has 0 saturated heterocycles. The monoisotopic (exact) mass is 841 g/mol. The fourth-order valence-electron chi connectivity index (χ4n) is 6.08. The van der Waals surface area contributed by atoms with E-state index in [1.54, 1.807) is 20.8 Å². The van der Waals surface area contributed by atoms with Crippen LogP contribution in [0.25, 0.3) is 11.1 Å². The number of carbonyl (C=O) groups excluding carboxylic acids is 1. The van der Waals surface area contributed by atoms with E-state index in [-0.39, 0.29) is 63.9 Å². The van der Waals surface area contributed by atoms with Crippen LogP contribution in [0.1, 0.15) is 71.7 Å². The standard InChI is InChI=1S/C39H37F10NO6.ClH/c1-19(2)28-16-29(33(53-6)17-30(28)40)27-9-8-24(37(41,42)43)14-23(27)18-50-21(4)35(22-12-25(38(44,45)46)15-26(13-22)39(47,48)49)56-36(51)55-32-11-10-31(52-5)20(3)34(32)54-7;/h8-17,19,21,35,50H,18H2,1-7H3;1H/t21-,35-;/m0./s1. The van der Waals surface area contributed by atoms with Crippen molar-refractivity contribution in [3.8, 4) is 34.1 Å². The molecule has 2 atom stereocenters. The van der Waals surface area contributed by atoms with Crippen molar-refractivity contribution in [2.24, 2.45) is 0 Å². The third kappa shape index (κ3) is 10.9. The summed E-state index contributed by atoms with van der Waals surface area (Å²) in [6.07, 6.45) is -18.8. The van der Waals surface area contributed by atoms with Gasteiger partial charge in [-0.25, -0.2) is 9.18 Å². The number of quaternary nitrogens is 1. The van der Waals surface area contributed by atoms with Gasteiger partial charge in [-0.15, -0.1) is 0 Å². The molecule has 0 fully saturated rings. The molecule has 0 unspecified atom stereocenters. The highest BCUT2D eigenvalue weighted by molar-refractivity contribution is 5.75. The first-order chi connectivity index (χ1) is 26.0. The van der Waals surface area contributed by atoms with Gasteiger partial charge in [0.05, 0.1) is 38.0 Å². The highest BCUT2D eigenvalue weighted by Crippen LogP contribution is 2.42. The van der Waals surface area contributed by atoms with Crippen LogP contribution in [-0.4, -0.2) is 33.5 Å². The van der Waals surface area contributed by atoms with Crippen molar-refractivity contribution in [2.75, 3.05) is 21.3 Å². The summed E-state index contributed by atoms with van der Waals surface area (Å²) in [4.78, 5) is 13.3. The molecular weight excluding hydrogens is 804 g/mol. The third-order valence-electron chi connectivity index (χ3n) is 8.95. The zero-order valence-electron chi connectivity index (χ0n) is 31.4. The zero-order valence-corrected chi connectivity index (χ0v) is 32.2. The van der Waals surface area contributed by atoms with E-state index in [0.717, 1.165) is 24.3 Å². The second kappa shape index (κ2) is 18.1. The molecule has 0 spiro atoms. The largest absolute Gasteiger partial charge is 1.00 e. The molecule has 4 rings (SSSR count). The summed E-state index contributed by atoms with van der Waals surface area (Å²) in [6, 6.07) is 7.30. The fourth-order valence-corrected chi connectivity index (χ4v) is 6.08. The molecule has 0 radical (unpaired) electrons. The number of hydrogen-bond acceptors (Lipinski definition) is 6. The van der Waals surface area contributed by atoms with Gasteiger partial charge < -0.3 is 41.4 Å². The lowest BCUT2D eigenvalue weighted by Crippen LogP contribution is -3.00. The van der Waals surface area contributed by atoms with E-state index >= 15 is 0 Å². The summed E-state index contributed by atoms with van der Waals surface area (Å²) in [7, 11) is 3.85. The Labute approximate surface area is 327 Å². The maximum Gasteiger partial charge on any atom is 0.514 e. The number of rotatable bonds is 12. The Kier molecular flexibility index (Phi) is 14.8. The molecule has 0 aliphatic heterocycles. The quantitative estimate of drug-likeness (QED) is 0.0910. The van der Waals surface area contributed by atoms with Gasteiger partial charge in [-0.2, -0.15) is 39.5 Å². The molecular formula is C39H38ClF10NO6. The van der Waals surface area contributed by atoms with Crippen molar-refractivity contribution in [3.05, 3.63) is 105 Å². The van der Waals surface area contributed by atoms with Gasteiger partial charge in [-0.05, 0) is 85.0 Å². The van der Waals surface area contributed by atoms with Crippen molar-refractivity contribution >= 4 is 6.16 Å². The highest BCUT2D eigenvalue weighted by Gasteiger charge is 2.40. The number of nitrogens with two attached hydrogens (primary N) is 1. The molecule has 2 N–H and O–H groups in total. The van der Waals surface area contributed by atoms with Crippen molar-refractivity contribution in [3.63, 3.8) is 0 Å². The summed E-state index contributed by atoms with van der Waals surface area (Å²) in [5, 5.41) is 1.27. The predicted molar refractivity (Wildman–Crippen MR) is 183 cm³/mol. The van der Waals surface area contributed by atoms with Gasteiger partial charge in [0.1, 0.15) is 29.9 Å². The average molecular weight is 842 g/mol. The summed E-state index contributed by atoms with van der Waals surface area (Å²) in [5.41, 5.74) is -4.25. The van der Waals surface area contributed by atoms with Crippen LogP contribution in [0.2, 0.25) is 0 Å². The molecule has 0 aliphatic carbocycles. The first kappa shape index (κ1) is 46.5. The molecule has 0 bridgehead atoms. The number of halogens is 11. The van der Waals surface area contributed by atoms with E-state index in [2.05, 4.69) is 0 Å². The minimum Gasteiger partial charge on any atom is -1.00 e. The Bertz CT molecular complexity index is 2020. The molecule has 0 aliphatic rings. The van der Waals surface area contributed by atoms with E-state index < -0.39 is 71.4 Å². The Morgan fingerprint density at radius 1 is 0.684 bits per heavy atom. The van der Waals surface area contributed by atoms with Gasteiger partial charge in [0.15, 0.2) is 17.6 Å². The number of alkyl halides is 9. The van der Waals surface area contributed by atoms with Crippen molar-refractivity contribution in [1.29, 1.82) is 0 Å². The van der Waals surface area contributed by atoms with Crippen LogP contribution in [0.3, 0.4) is 0 Å². The molecule has 312 valence electrons. The maximum absolute atomic E-state index is 14.9. The highest BCUT2D eigenvalue weighted by atomic mass is 35.5. The van der Waals surface area contributed by atoms with Crippen LogP contribution in [0.4, 0.5) is 48.7 Å². The Balaban J connectivity index is 0.00000870. The Hall–Kier alpha value is -4.90. The molecule has 7 nitrogen and oxygen atoms in total. The number of methoxy groups -OCH3 is 3. The summed E-state index contributed by atoms with van der Waals surface area (Å²) < 4.78 is 167. The molecule has 0 aromatic heterocycles. The maximum atomic E-state index is 14.9. The first-order valence-electron chi connectivity index (χ1n) is 16.8. The molecule has 57 heavy (non-hydrogen) atoms. The van der Waals surface area contributed by atoms with Gasteiger partial charge >= 0.3 is 24.7 Å². The molecule has 0 amide bonds. The number of carbonyl (C=O) groups is 1. The van der Waals surface area contributed by atoms with Crippen LogP contribution in [0, 0.1) is 12.7 Å². The lowest BCUT2D eigenvalue weighted by Gasteiger charge is -2.25. The second-order valence-electron chi connectivity index (χ2n) is 13.1. The van der Waals surface area contributed by atoms with E-state index in [1.807, 2.05) is 0 Å². The SMILES string of the molecule is COc1cc(F)c(C(C)C)cc1-c1ccc(C(F)(F)F)cc1C[NH2+][C@@H](C)[C@H](OC(=O)Oc1ccc(OC)c(C)c1OC)c1cc(C(F)(F)F)cc(C(F)(F)F)c1.[Cl-]. The first-order valence-corrected chi connectivity index (χ1v) is 16.8. The molecule has 0 saturated carbocycles. The Morgan fingerprint density at radius 2 is 1.25 bits per heavy atom. The minimum absolute atomic E-state index is 0. The van der Waals surface area contributed by atoms with Crippen molar-refractivity contribution in [2.45, 2.75) is 70.8 Å². The number of ether oxygens (including phenoxy) is 5. The second-order valence-corrected chi connectivity index (χ2v) is 13.1. The van der Waals surface area contributed by atoms with Crippen molar-refractivity contribution < 1.29 is 90.1 Å². The van der Waals surface area contributed by atoms with Crippen LogP contribution in [0.5, 0.6) is 23.0 Å². The van der Waals surface area contributed by atoms with Crippen molar-refractivity contribution in [1.82, 2.24) is 0 Å². The number of benzene rings is 4. The van der Waals surface area contributed by atoms with E-state index in [9.17, 15) is 48.7 Å². The molecule has 4 aromatic carbocycles. The molecule has 4 aromatic rings. The summed E-state index contributed by atoms with van der Waals surface area (Å²) in [6.45, 7) is 5.85. The normalized spacial score (nSPS) is 13.1. The summed E-state index contributed by atoms with van der Waals surface area (Å²) >= 11 is 0. The van der Waals surface area contributed by atoms with Gasteiger partial charge in [-0.3, -0.25) is 0 Å². The lowest BCUT2D eigenvalue weighted by atomic mass is 9.92. The summed E-state index contributed by atoms with van der Waals surface area (Å²) in [5.74, 6) is -0.878. The minimum atomic E-state index is -5.27. The van der Waals surface area contributed by atoms with E-state index in [0.29, 0.717) is 23.4 Å². The topological polar surface area (TPSA) is 79.8 Å². The third-order valence-corrected chi connectivity index (χ3v) is 8.95.